The van der Waals surface area contributed by atoms with Crippen LogP contribution in [0.1, 0.15) is 45.7 Å². The number of rotatable bonds is 5. The zero-order chi connectivity index (χ0) is 21.5. The molecule has 0 saturated heterocycles. The normalized spacial score (nSPS) is 13.4. The number of ether oxygens (including phenoxy) is 2. The van der Waals surface area contributed by atoms with Crippen LogP contribution in [0.4, 0.5) is 0 Å². The third-order valence-corrected chi connectivity index (χ3v) is 5.68. The maximum atomic E-state index is 12.2. The third-order valence-electron chi connectivity index (χ3n) is 5.68. The maximum Gasteiger partial charge on any atom is 0.261 e. The van der Waals surface area contributed by atoms with E-state index in [2.05, 4.69) is 26.0 Å². The molecular formula is C25H23NO4. The van der Waals surface area contributed by atoms with Crippen molar-refractivity contribution < 1.29 is 19.1 Å². The molecular weight excluding hydrogens is 378 g/mol. The summed E-state index contributed by atoms with van der Waals surface area (Å²) in [4.78, 5) is 25.3. The van der Waals surface area contributed by atoms with E-state index in [-0.39, 0.29) is 17.2 Å². The average Bonchev–Trinajstić information content (AvgIpc) is 2.98. The Morgan fingerprint density at radius 1 is 0.700 bits per heavy atom. The van der Waals surface area contributed by atoms with Gasteiger partial charge < -0.3 is 9.47 Å². The SMILES string of the molecule is COc1ccc(C(C)(C)c2ccc(Oc3ccc4c(c3)C(=O)N(C)C4=O)cc2)cc1. The number of hydrogen-bond acceptors (Lipinski definition) is 4. The van der Waals surface area contributed by atoms with Gasteiger partial charge in [-0.25, -0.2) is 0 Å². The van der Waals surface area contributed by atoms with E-state index >= 15 is 0 Å². The first-order valence-electron chi connectivity index (χ1n) is 9.70. The molecule has 5 heteroatoms. The van der Waals surface area contributed by atoms with Crippen molar-refractivity contribution >= 4 is 11.8 Å². The van der Waals surface area contributed by atoms with Gasteiger partial charge >= 0.3 is 0 Å². The quantitative estimate of drug-likeness (QED) is 0.562. The summed E-state index contributed by atoms with van der Waals surface area (Å²) in [5, 5.41) is 0. The predicted molar refractivity (Wildman–Crippen MR) is 115 cm³/mol. The van der Waals surface area contributed by atoms with Gasteiger partial charge in [-0.15, -0.1) is 0 Å². The van der Waals surface area contributed by atoms with Crippen molar-refractivity contribution in [3.8, 4) is 17.2 Å². The van der Waals surface area contributed by atoms with Gasteiger partial charge in [0.15, 0.2) is 0 Å². The summed E-state index contributed by atoms with van der Waals surface area (Å²) in [6, 6.07) is 20.9. The summed E-state index contributed by atoms with van der Waals surface area (Å²) >= 11 is 0. The Labute approximate surface area is 175 Å². The van der Waals surface area contributed by atoms with E-state index in [1.54, 1.807) is 25.3 Å². The van der Waals surface area contributed by atoms with E-state index in [4.69, 9.17) is 9.47 Å². The Bertz CT molecular complexity index is 1110. The van der Waals surface area contributed by atoms with Crippen LogP contribution < -0.4 is 9.47 Å². The first-order valence-corrected chi connectivity index (χ1v) is 9.70. The topological polar surface area (TPSA) is 55.8 Å². The van der Waals surface area contributed by atoms with Crippen molar-refractivity contribution in [2.45, 2.75) is 19.3 Å². The lowest BCUT2D eigenvalue weighted by Gasteiger charge is -2.26. The Morgan fingerprint density at radius 3 is 1.77 bits per heavy atom. The van der Waals surface area contributed by atoms with Gasteiger partial charge in [0.25, 0.3) is 11.8 Å². The molecule has 0 saturated carbocycles. The molecule has 30 heavy (non-hydrogen) atoms. The Hall–Kier alpha value is -3.60. The number of imide groups is 1. The molecule has 1 aliphatic rings. The van der Waals surface area contributed by atoms with Gasteiger partial charge in [0, 0.05) is 12.5 Å². The fourth-order valence-electron chi connectivity index (χ4n) is 3.65. The molecule has 0 radical (unpaired) electrons. The van der Waals surface area contributed by atoms with Gasteiger partial charge in [-0.05, 0) is 53.6 Å². The second kappa shape index (κ2) is 7.34. The van der Waals surface area contributed by atoms with Crippen molar-refractivity contribution in [2.75, 3.05) is 14.2 Å². The Morgan fingerprint density at radius 2 is 1.20 bits per heavy atom. The van der Waals surface area contributed by atoms with E-state index in [0.29, 0.717) is 22.6 Å². The molecule has 1 aliphatic heterocycles. The Balaban J connectivity index is 1.54. The van der Waals surface area contributed by atoms with Gasteiger partial charge in [0.1, 0.15) is 17.2 Å². The number of methoxy groups -OCH3 is 1. The second-order valence-electron chi connectivity index (χ2n) is 7.86. The van der Waals surface area contributed by atoms with Gasteiger partial charge in [-0.3, -0.25) is 14.5 Å². The number of carbonyl (C=O) groups excluding carboxylic acids is 2. The van der Waals surface area contributed by atoms with Crippen molar-refractivity contribution in [3.05, 3.63) is 89.0 Å². The standard InChI is InChI=1S/C25H23NO4/c1-25(2,16-5-9-18(29-4)10-6-16)17-7-11-19(12-8-17)30-20-13-14-21-22(15-20)24(28)26(3)23(21)27/h5-15H,1-4H3. The molecule has 3 aromatic carbocycles. The summed E-state index contributed by atoms with van der Waals surface area (Å²) in [5.41, 5.74) is 2.93. The van der Waals surface area contributed by atoms with E-state index in [9.17, 15) is 9.59 Å². The van der Waals surface area contributed by atoms with Gasteiger partial charge in [0.2, 0.25) is 0 Å². The van der Waals surface area contributed by atoms with Crippen LogP contribution in [0.2, 0.25) is 0 Å². The van der Waals surface area contributed by atoms with Crippen LogP contribution in [0.15, 0.2) is 66.7 Å². The molecule has 2 amide bonds. The highest BCUT2D eigenvalue weighted by atomic mass is 16.5. The Kier molecular flexibility index (Phi) is 4.82. The fraction of sp³-hybridized carbons (Fsp3) is 0.200. The molecule has 0 fully saturated rings. The summed E-state index contributed by atoms with van der Waals surface area (Å²) in [7, 11) is 3.14. The molecule has 5 nitrogen and oxygen atoms in total. The van der Waals surface area contributed by atoms with Crippen LogP contribution in [-0.4, -0.2) is 30.9 Å². The van der Waals surface area contributed by atoms with Crippen LogP contribution in [0.25, 0.3) is 0 Å². The summed E-state index contributed by atoms with van der Waals surface area (Å²) in [5.74, 6) is 1.42. The minimum Gasteiger partial charge on any atom is -0.497 e. The number of fused-ring (bicyclic) bond motifs is 1. The highest BCUT2D eigenvalue weighted by Gasteiger charge is 2.33. The van der Waals surface area contributed by atoms with Gasteiger partial charge in [-0.1, -0.05) is 38.1 Å². The first kappa shape index (κ1) is 19.7. The monoisotopic (exact) mass is 401 g/mol. The first-order chi connectivity index (χ1) is 14.3. The number of nitrogens with zero attached hydrogens (tertiary/aromatic N) is 1. The molecule has 152 valence electrons. The van der Waals surface area contributed by atoms with Crippen LogP contribution >= 0.6 is 0 Å². The van der Waals surface area contributed by atoms with E-state index < -0.39 is 0 Å². The summed E-state index contributed by atoms with van der Waals surface area (Å²) in [6.45, 7) is 4.34. The third kappa shape index (κ3) is 3.32. The molecule has 0 bridgehead atoms. The lowest BCUT2D eigenvalue weighted by atomic mass is 9.78. The van der Waals surface area contributed by atoms with Crippen LogP contribution in [0.5, 0.6) is 17.2 Å². The van der Waals surface area contributed by atoms with Crippen molar-refractivity contribution in [2.24, 2.45) is 0 Å². The maximum absolute atomic E-state index is 12.2. The minimum absolute atomic E-state index is 0.185. The minimum atomic E-state index is -0.308. The molecule has 0 unspecified atom stereocenters. The number of benzene rings is 3. The lowest BCUT2D eigenvalue weighted by Crippen LogP contribution is -2.24. The van der Waals surface area contributed by atoms with Gasteiger partial charge in [0.05, 0.1) is 18.2 Å². The van der Waals surface area contributed by atoms with Crippen molar-refractivity contribution in [3.63, 3.8) is 0 Å². The number of carbonyl (C=O) groups is 2. The molecule has 4 rings (SSSR count). The van der Waals surface area contributed by atoms with E-state index in [0.717, 1.165) is 16.2 Å². The molecule has 0 spiro atoms. The fourth-order valence-corrected chi connectivity index (χ4v) is 3.65. The zero-order valence-corrected chi connectivity index (χ0v) is 17.4. The van der Waals surface area contributed by atoms with Crippen molar-refractivity contribution in [1.82, 2.24) is 4.90 Å². The summed E-state index contributed by atoms with van der Waals surface area (Å²) in [6.07, 6.45) is 0. The molecule has 0 aromatic heterocycles. The molecule has 0 N–H and O–H groups in total. The van der Waals surface area contributed by atoms with Crippen LogP contribution in [0, 0.1) is 0 Å². The molecule has 3 aromatic rings. The molecule has 0 atom stereocenters. The highest BCUT2D eigenvalue weighted by Crippen LogP contribution is 2.34. The summed E-state index contributed by atoms with van der Waals surface area (Å²) < 4.78 is 11.2. The highest BCUT2D eigenvalue weighted by molar-refractivity contribution is 6.21. The number of hydrogen-bond donors (Lipinski definition) is 0. The largest absolute Gasteiger partial charge is 0.497 e. The zero-order valence-electron chi connectivity index (χ0n) is 17.4. The molecule has 1 heterocycles. The van der Waals surface area contributed by atoms with Gasteiger partial charge in [-0.2, -0.15) is 0 Å². The number of amides is 2. The van der Waals surface area contributed by atoms with E-state index in [1.807, 2.05) is 36.4 Å². The van der Waals surface area contributed by atoms with Crippen LogP contribution in [-0.2, 0) is 5.41 Å². The average molecular weight is 401 g/mol. The predicted octanol–water partition coefficient (Wildman–Crippen LogP) is 5.04. The smallest absolute Gasteiger partial charge is 0.261 e. The van der Waals surface area contributed by atoms with E-state index in [1.165, 1.54) is 12.6 Å². The second-order valence-corrected chi connectivity index (χ2v) is 7.86. The lowest BCUT2D eigenvalue weighted by molar-refractivity contribution is 0.0693. The molecule has 0 aliphatic carbocycles. The van der Waals surface area contributed by atoms with Crippen LogP contribution in [0.3, 0.4) is 0 Å². The van der Waals surface area contributed by atoms with Crippen molar-refractivity contribution in [1.29, 1.82) is 0 Å².